The molecule has 3 N–H and O–H groups in total. The molecule has 6 nitrogen and oxygen atoms in total. The second-order valence-corrected chi connectivity index (χ2v) is 4.69. The third kappa shape index (κ3) is 2.68. The number of hydrogen-bond acceptors (Lipinski definition) is 6. The smallest absolute Gasteiger partial charge is 0.239 e. The number of halogens is 1. The molecule has 1 aliphatic rings. The van der Waals surface area contributed by atoms with Crippen LogP contribution in [0.1, 0.15) is 12.8 Å². The topological polar surface area (TPSA) is 70.3 Å². The summed E-state index contributed by atoms with van der Waals surface area (Å²) in [4.78, 5) is 12.0. The summed E-state index contributed by atoms with van der Waals surface area (Å²) in [6.45, 7) is 1.58. The van der Waals surface area contributed by atoms with E-state index < -0.39 is 5.82 Å². The van der Waals surface area contributed by atoms with Gasteiger partial charge >= 0.3 is 0 Å². The fraction of sp³-hybridized carbons (Fsp3) is 0.636. The number of hydrogen-bond donors (Lipinski definition) is 2. The van der Waals surface area contributed by atoms with Crippen molar-refractivity contribution in [3.8, 4) is 0 Å². The van der Waals surface area contributed by atoms with Gasteiger partial charge in [0.2, 0.25) is 5.95 Å². The Kier molecular flexibility index (Phi) is 3.93. The van der Waals surface area contributed by atoms with E-state index in [-0.39, 0.29) is 5.95 Å². The van der Waals surface area contributed by atoms with Crippen LogP contribution < -0.4 is 16.2 Å². The highest BCUT2D eigenvalue weighted by atomic mass is 19.1. The molecule has 1 fully saturated rings. The van der Waals surface area contributed by atoms with Gasteiger partial charge in [0, 0.05) is 19.1 Å². The van der Waals surface area contributed by atoms with Gasteiger partial charge < -0.3 is 9.80 Å². The maximum Gasteiger partial charge on any atom is 0.239 e. The molecule has 0 aromatic carbocycles. The molecule has 0 bridgehead atoms. The Labute approximate surface area is 106 Å². The molecule has 18 heavy (non-hydrogen) atoms. The highest BCUT2D eigenvalue weighted by molar-refractivity contribution is 5.43. The van der Waals surface area contributed by atoms with Gasteiger partial charge in [0.25, 0.3) is 0 Å². The summed E-state index contributed by atoms with van der Waals surface area (Å²) >= 11 is 0. The van der Waals surface area contributed by atoms with E-state index in [0.717, 1.165) is 32.1 Å². The third-order valence-electron chi connectivity index (χ3n) is 3.35. The summed E-state index contributed by atoms with van der Waals surface area (Å²) in [5, 5.41) is 0. The van der Waals surface area contributed by atoms with E-state index in [9.17, 15) is 4.39 Å². The molecule has 100 valence electrons. The highest BCUT2D eigenvalue weighted by Crippen LogP contribution is 2.22. The first-order valence-corrected chi connectivity index (χ1v) is 6.02. The molecule has 0 radical (unpaired) electrons. The van der Waals surface area contributed by atoms with E-state index in [1.807, 2.05) is 4.90 Å². The van der Waals surface area contributed by atoms with Crippen molar-refractivity contribution >= 4 is 11.8 Å². The van der Waals surface area contributed by atoms with Crippen LogP contribution in [-0.4, -0.2) is 48.1 Å². The normalized spacial score (nSPS) is 17.3. The van der Waals surface area contributed by atoms with Crippen molar-refractivity contribution in [2.45, 2.75) is 18.9 Å². The molecule has 2 rings (SSSR count). The van der Waals surface area contributed by atoms with Crippen LogP contribution in [0, 0.1) is 5.82 Å². The minimum Gasteiger partial charge on any atom is -0.354 e. The van der Waals surface area contributed by atoms with Gasteiger partial charge in [-0.15, -0.1) is 0 Å². The zero-order valence-corrected chi connectivity index (χ0v) is 10.7. The fourth-order valence-electron chi connectivity index (χ4n) is 2.24. The van der Waals surface area contributed by atoms with Crippen LogP contribution in [0.25, 0.3) is 0 Å². The van der Waals surface area contributed by atoms with Crippen LogP contribution in [0.2, 0.25) is 0 Å². The molecule has 0 spiro atoms. The summed E-state index contributed by atoms with van der Waals surface area (Å²) in [7, 11) is 4.14. The molecule has 0 amide bonds. The molecule has 0 saturated carbocycles. The lowest BCUT2D eigenvalue weighted by Crippen LogP contribution is -2.42. The van der Waals surface area contributed by atoms with Crippen LogP contribution in [0.4, 0.5) is 16.2 Å². The molecule has 2 heterocycles. The molecular weight excluding hydrogens is 235 g/mol. The van der Waals surface area contributed by atoms with Crippen LogP contribution in [0.5, 0.6) is 0 Å². The van der Waals surface area contributed by atoms with Crippen molar-refractivity contribution in [2.75, 3.05) is 37.5 Å². The molecule has 1 aromatic heterocycles. The van der Waals surface area contributed by atoms with E-state index in [1.165, 1.54) is 0 Å². The third-order valence-corrected chi connectivity index (χ3v) is 3.35. The average molecular weight is 254 g/mol. The standard InChI is InChI=1S/C11H19FN6/c1-17(2)8-3-5-18(6-4-8)10-9(12)7-14-11(15-10)16-13/h7-8H,3-6,13H2,1-2H3,(H,14,15,16). The summed E-state index contributed by atoms with van der Waals surface area (Å²) in [6, 6.07) is 0.554. The Morgan fingerprint density at radius 2 is 2.11 bits per heavy atom. The van der Waals surface area contributed by atoms with Crippen molar-refractivity contribution in [3.05, 3.63) is 12.0 Å². The average Bonchev–Trinajstić information content (AvgIpc) is 2.39. The number of piperidine rings is 1. The van der Waals surface area contributed by atoms with Crippen LogP contribution in [-0.2, 0) is 0 Å². The minimum absolute atomic E-state index is 0.237. The first-order chi connectivity index (χ1) is 8.61. The van der Waals surface area contributed by atoms with Crippen molar-refractivity contribution in [3.63, 3.8) is 0 Å². The van der Waals surface area contributed by atoms with Gasteiger partial charge in [-0.25, -0.2) is 15.2 Å². The number of nitrogens with zero attached hydrogens (tertiary/aromatic N) is 4. The Morgan fingerprint density at radius 3 is 2.67 bits per heavy atom. The Balaban J connectivity index is 2.09. The van der Waals surface area contributed by atoms with Crippen LogP contribution in [0.3, 0.4) is 0 Å². The van der Waals surface area contributed by atoms with Crippen LogP contribution in [0.15, 0.2) is 6.20 Å². The fourth-order valence-corrected chi connectivity index (χ4v) is 2.24. The highest BCUT2D eigenvalue weighted by Gasteiger charge is 2.23. The lowest BCUT2D eigenvalue weighted by atomic mass is 10.0. The Bertz CT molecular complexity index is 403. The zero-order chi connectivity index (χ0) is 13.1. The number of nitrogen functional groups attached to an aromatic ring is 1. The number of nitrogens with two attached hydrogens (primary N) is 1. The Hall–Kier alpha value is -1.47. The van der Waals surface area contributed by atoms with Gasteiger partial charge in [-0.05, 0) is 26.9 Å². The van der Waals surface area contributed by atoms with E-state index in [1.54, 1.807) is 0 Å². The van der Waals surface area contributed by atoms with E-state index in [4.69, 9.17) is 5.84 Å². The molecule has 0 atom stereocenters. The van der Waals surface area contributed by atoms with Crippen molar-refractivity contribution in [2.24, 2.45) is 5.84 Å². The molecule has 0 unspecified atom stereocenters. The van der Waals surface area contributed by atoms with Gasteiger partial charge in [0.15, 0.2) is 11.6 Å². The molecule has 7 heteroatoms. The predicted octanol–water partition coefficient (Wildman–Crippen LogP) is 0.432. The Morgan fingerprint density at radius 1 is 1.44 bits per heavy atom. The van der Waals surface area contributed by atoms with Gasteiger partial charge in [0.05, 0.1) is 6.20 Å². The van der Waals surface area contributed by atoms with Gasteiger partial charge in [-0.2, -0.15) is 4.98 Å². The largest absolute Gasteiger partial charge is 0.354 e. The molecule has 1 aliphatic heterocycles. The number of hydrazine groups is 1. The number of nitrogens with one attached hydrogen (secondary N) is 1. The summed E-state index contributed by atoms with van der Waals surface area (Å²) in [6.07, 6.45) is 3.15. The van der Waals surface area contributed by atoms with E-state index >= 15 is 0 Å². The first-order valence-electron chi connectivity index (χ1n) is 6.02. The molecule has 1 aromatic rings. The predicted molar refractivity (Wildman–Crippen MR) is 68.7 cm³/mol. The summed E-state index contributed by atoms with van der Waals surface area (Å²) in [5.41, 5.74) is 2.34. The maximum absolute atomic E-state index is 13.7. The van der Waals surface area contributed by atoms with Crippen molar-refractivity contribution < 1.29 is 4.39 Å². The lowest BCUT2D eigenvalue weighted by molar-refractivity contribution is 0.249. The monoisotopic (exact) mass is 254 g/mol. The number of rotatable bonds is 3. The quantitative estimate of drug-likeness (QED) is 0.602. The number of anilines is 2. The second kappa shape index (κ2) is 5.45. The molecular formula is C11H19FN6. The second-order valence-electron chi connectivity index (χ2n) is 4.69. The van der Waals surface area contributed by atoms with Crippen molar-refractivity contribution in [1.29, 1.82) is 0 Å². The van der Waals surface area contributed by atoms with Crippen molar-refractivity contribution in [1.82, 2.24) is 14.9 Å². The SMILES string of the molecule is CN(C)C1CCN(c2nc(NN)ncc2F)CC1. The van der Waals surface area contributed by atoms with Gasteiger partial charge in [0.1, 0.15) is 0 Å². The summed E-state index contributed by atoms with van der Waals surface area (Å²) in [5.74, 6) is 5.40. The van der Waals surface area contributed by atoms with Crippen LogP contribution >= 0.6 is 0 Å². The van der Waals surface area contributed by atoms with E-state index in [2.05, 4.69) is 34.4 Å². The molecule has 0 aliphatic carbocycles. The summed E-state index contributed by atoms with van der Waals surface area (Å²) < 4.78 is 13.7. The van der Waals surface area contributed by atoms with Gasteiger partial charge in [-0.1, -0.05) is 0 Å². The molecule has 1 saturated heterocycles. The number of aromatic nitrogens is 2. The maximum atomic E-state index is 13.7. The van der Waals surface area contributed by atoms with Gasteiger partial charge in [-0.3, -0.25) is 5.43 Å². The zero-order valence-electron chi connectivity index (χ0n) is 10.7. The minimum atomic E-state index is -0.405. The van der Waals surface area contributed by atoms with E-state index in [0.29, 0.717) is 11.9 Å². The first kappa shape index (κ1) is 13.0. The lowest BCUT2D eigenvalue weighted by Gasteiger charge is -2.35.